The first-order chi connectivity index (χ1) is 11.3. The number of hydrogen-bond donors (Lipinski definition) is 3. The second-order valence-electron chi connectivity index (χ2n) is 5.80. The Bertz CT molecular complexity index is 732. The minimum atomic E-state index is -1.66. The van der Waals surface area contributed by atoms with Crippen LogP contribution in [0, 0.1) is 11.6 Å². The Morgan fingerprint density at radius 2 is 1.92 bits per heavy atom. The van der Waals surface area contributed by atoms with E-state index >= 15 is 0 Å². The Hall–Kier alpha value is -2.47. The van der Waals surface area contributed by atoms with E-state index in [0.29, 0.717) is 18.1 Å². The number of phenols is 1. The maximum Gasteiger partial charge on any atom is 0.220 e. The van der Waals surface area contributed by atoms with Gasteiger partial charge in [-0.25, -0.2) is 8.78 Å². The van der Waals surface area contributed by atoms with E-state index in [0.717, 1.165) is 12.1 Å². The van der Waals surface area contributed by atoms with Crippen LogP contribution in [-0.4, -0.2) is 22.7 Å². The predicted octanol–water partition coefficient (Wildman–Crippen LogP) is 2.63. The molecule has 128 valence electrons. The van der Waals surface area contributed by atoms with Crippen molar-refractivity contribution in [1.29, 1.82) is 0 Å². The molecule has 0 spiro atoms. The molecule has 0 fully saturated rings. The van der Waals surface area contributed by atoms with Gasteiger partial charge >= 0.3 is 0 Å². The number of aryl methyl sites for hydroxylation is 1. The Kier molecular flexibility index (Phi) is 5.51. The van der Waals surface area contributed by atoms with E-state index in [4.69, 9.17) is 0 Å². The zero-order chi connectivity index (χ0) is 17.7. The highest BCUT2D eigenvalue weighted by Gasteiger charge is 2.27. The molecule has 1 atom stereocenters. The lowest BCUT2D eigenvalue weighted by Crippen LogP contribution is -2.39. The van der Waals surface area contributed by atoms with Crippen molar-refractivity contribution in [1.82, 2.24) is 5.32 Å². The molecule has 1 unspecified atom stereocenters. The number of halogens is 2. The Labute approximate surface area is 138 Å². The minimum absolute atomic E-state index is 0.0927. The van der Waals surface area contributed by atoms with Crippen LogP contribution in [0.5, 0.6) is 5.75 Å². The normalized spacial score (nSPS) is 13.3. The molecule has 0 saturated heterocycles. The number of carbonyl (C=O) groups excluding carboxylic acids is 1. The zero-order valence-corrected chi connectivity index (χ0v) is 13.2. The van der Waals surface area contributed by atoms with Gasteiger partial charge in [-0.3, -0.25) is 4.79 Å². The smallest absolute Gasteiger partial charge is 0.220 e. The van der Waals surface area contributed by atoms with Crippen LogP contribution in [0.4, 0.5) is 8.78 Å². The Balaban J connectivity index is 1.91. The summed E-state index contributed by atoms with van der Waals surface area (Å²) in [5, 5.41) is 22.5. The number of aromatic hydroxyl groups is 1. The van der Waals surface area contributed by atoms with E-state index in [1.165, 1.54) is 13.0 Å². The van der Waals surface area contributed by atoms with Crippen LogP contribution in [0.15, 0.2) is 42.5 Å². The van der Waals surface area contributed by atoms with E-state index in [-0.39, 0.29) is 30.2 Å². The van der Waals surface area contributed by atoms with Crippen molar-refractivity contribution in [3.8, 4) is 5.75 Å². The predicted molar refractivity (Wildman–Crippen MR) is 85.4 cm³/mol. The summed E-state index contributed by atoms with van der Waals surface area (Å²) >= 11 is 0. The molecule has 0 bridgehead atoms. The fourth-order valence-electron chi connectivity index (χ4n) is 2.35. The van der Waals surface area contributed by atoms with Crippen molar-refractivity contribution in [2.24, 2.45) is 0 Å². The molecule has 0 radical (unpaired) electrons. The van der Waals surface area contributed by atoms with Crippen molar-refractivity contribution in [3.05, 3.63) is 65.2 Å². The molecule has 4 nitrogen and oxygen atoms in total. The molecule has 24 heavy (non-hydrogen) atoms. The molecule has 0 saturated carbocycles. The summed E-state index contributed by atoms with van der Waals surface area (Å²) in [6.45, 7) is 1.13. The van der Waals surface area contributed by atoms with Gasteiger partial charge in [0.05, 0.1) is 6.54 Å². The van der Waals surface area contributed by atoms with Gasteiger partial charge in [-0.2, -0.15) is 0 Å². The van der Waals surface area contributed by atoms with Crippen molar-refractivity contribution in [2.45, 2.75) is 25.4 Å². The van der Waals surface area contributed by atoms with E-state index in [9.17, 15) is 23.8 Å². The molecule has 3 N–H and O–H groups in total. The summed E-state index contributed by atoms with van der Waals surface area (Å²) in [6, 6.07) is 9.58. The second-order valence-corrected chi connectivity index (χ2v) is 5.80. The van der Waals surface area contributed by atoms with Crippen LogP contribution in [0.1, 0.15) is 24.5 Å². The molecule has 0 aliphatic rings. The number of para-hydroxylation sites is 1. The first kappa shape index (κ1) is 17.9. The van der Waals surface area contributed by atoms with E-state index in [1.807, 2.05) is 0 Å². The van der Waals surface area contributed by atoms with Gasteiger partial charge in [0.25, 0.3) is 0 Å². The van der Waals surface area contributed by atoms with Gasteiger partial charge in [0.2, 0.25) is 5.91 Å². The van der Waals surface area contributed by atoms with Crippen LogP contribution in [0.3, 0.4) is 0 Å². The van der Waals surface area contributed by atoms with Crippen LogP contribution >= 0.6 is 0 Å². The van der Waals surface area contributed by atoms with E-state index in [2.05, 4.69) is 5.32 Å². The maximum absolute atomic E-state index is 13.7. The van der Waals surface area contributed by atoms with Crippen molar-refractivity contribution in [3.63, 3.8) is 0 Å². The van der Waals surface area contributed by atoms with Gasteiger partial charge < -0.3 is 15.5 Å². The van der Waals surface area contributed by atoms with E-state index < -0.39 is 17.2 Å². The highest BCUT2D eigenvalue weighted by Crippen LogP contribution is 2.23. The SMILES string of the molecule is CC(O)(CNC(=O)CCc1ccccc1O)c1ccc(F)cc1F. The third-order valence-electron chi connectivity index (χ3n) is 3.75. The highest BCUT2D eigenvalue weighted by atomic mass is 19.1. The van der Waals surface area contributed by atoms with Gasteiger partial charge in [0, 0.05) is 18.1 Å². The lowest BCUT2D eigenvalue weighted by atomic mass is 9.95. The molecular weight excluding hydrogens is 316 g/mol. The highest BCUT2D eigenvalue weighted by molar-refractivity contribution is 5.76. The summed E-state index contributed by atoms with van der Waals surface area (Å²) < 4.78 is 26.7. The standard InChI is InChI=1S/C18H19F2NO3/c1-18(24,14-8-7-13(19)10-15(14)20)11-21-17(23)9-6-12-4-2-3-5-16(12)22/h2-5,7-8,10,22,24H,6,9,11H2,1H3,(H,21,23). The number of aliphatic hydroxyl groups is 1. The van der Waals surface area contributed by atoms with Crippen LogP contribution in [0.2, 0.25) is 0 Å². The van der Waals surface area contributed by atoms with Crippen LogP contribution in [0.25, 0.3) is 0 Å². The molecule has 0 aromatic heterocycles. The van der Waals surface area contributed by atoms with Crippen LogP contribution in [-0.2, 0) is 16.8 Å². The molecule has 0 heterocycles. The molecule has 2 aromatic rings. The van der Waals surface area contributed by atoms with Gasteiger partial charge in [0.1, 0.15) is 23.0 Å². The summed E-state index contributed by atoms with van der Waals surface area (Å²) in [5.41, 5.74) is -1.11. The molecule has 2 rings (SSSR count). The molecule has 1 amide bonds. The second kappa shape index (κ2) is 7.40. The van der Waals surface area contributed by atoms with Gasteiger partial charge in [0.15, 0.2) is 0 Å². The summed E-state index contributed by atoms with van der Waals surface area (Å²) in [5.74, 6) is -1.84. The van der Waals surface area contributed by atoms with E-state index in [1.54, 1.807) is 18.2 Å². The average molecular weight is 335 g/mol. The number of nitrogens with one attached hydrogen (secondary N) is 1. The number of benzene rings is 2. The summed E-state index contributed by atoms with van der Waals surface area (Å²) in [6.07, 6.45) is 0.450. The molecule has 2 aromatic carbocycles. The topological polar surface area (TPSA) is 69.6 Å². The first-order valence-corrected chi connectivity index (χ1v) is 7.51. The third kappa shape index (κ3) is 4.52. The monoisotopic (exact) mass is 335 g/mol. The lowest BCUT2D eigenvalue weighted by Gasteiger charge is -2.24. The Morgan fingerprint density at radius 3 is 2.58 bits per heavy atom. The molecule has 6 heteroatoms. The van der Waals surface area contributed by atoms with Gasteiger partial charge in [-0.1, -0.05) is 24.3 Å². The Morgan fingerprint density at radius 1 is 1.21 bits per heavy atom. The molecular formula is C18H19F2NO3. The number of carbonyl (C=O) groups is 1. The van der Waals surface area contributed by atoms with Crippen molar-refractivity contribution >= 4 is 5.91 Å². The van der Waals surface area contributed by atoms with Gasteiger partial charge in [-0.15, -0.1) is 0 Å². The minimum Gasteiger partial charge on any atom is -0.508 e. The largest absolute Gasteiger partial charge is 0.508 e. The number of rotatable bonds is 6. The van der Waals surface area contributed by atoms with Crippen LogP contribution < -0.4 is 5.32 Å². The quantitative estimate of drug-likeness (QED) is 0.760. The lowest BCUT2D eigenvalue weighted by molar-refractivity contribution is -0.122. The average Bonchev–Trinajstić information content (AvgIpc) is 2.52. The first-order valence-electron chi connectivity index (χ1n) is 7.51. The summed E-state index contributed by atoms with van der Waals surface area (Å²) in [7, 11) is 0. The number of phenolic OH excluding ortho intramolecular Hbond substituents is 1. The third-order valence-corrected chi connectivity index (χ3v) is 3.75. The zero-order valence-electron chi connectivity index (χ0n) is 13.2. The number of hydrogen-bond acceptors (Lipinski definition) is 3. The van der Waals surface area contributed by atoms with Crippen molar-refractivity contribution < 1.29 is 23.8 Å². The van der Waals surface area contributed by atoms with Crippen molar-refractivity contribution in [2.75, 3.05) is 6.54 Å². The molecule has 0 aliphatic carbocycles. The number of amides is 1. The summed E-state index contributed by atoms with van der Waals surface area (Å²) in [4.78, 5) is 11.9. The fraction of sp³-hybridized carbons (Fsp3) is 0.278. The fourth-order valence-corrected chi connectivity index (χ4v) is 2.35. The maximum atomic E-state index is 13.7. The van der Waals surface area contributed by atoms with Gasteiger partial charge in [-0.05, 0) is 31.0 Å². The molecule has 0 aliphatic heterocycles.